The van der Waals surface area contributed by atoms with Crippen molar-refractivity contribution in [1.29, 1.82) is 0 Å². The molecule has 1 rings (SSSR count). The Labute approximate surface area is 62.1 Å². The second-order valence-corrected chi connectivity index (χ2v) is 2.89. The van der Waals surface area contributed by atoms with Crippen LogP contribution in [0.25, 0.3) is 0 Å². The van der Waals surface area contributed by atoms with Crippen LogP contribution >= 0.6 is 0 Å². The summed E-state index contributed by atoms with van der Waals surface area (Å²) in [5.74, 6) is 0. The zero-order valence-corrected chi connectivity index (χ0v) is 6.43. The Morgan fingerprint density at radius 1 is 1.60 bits per heavy atom. The minimum atomic E-state index is -0.315. The maximum Gasteiger partial charge on any atom is 0.0698 e. The molecule has 0 amide bonds. The lowest BCUT2D eigenvalue weighted by Gasteiger charge is -1.99. The van der Waals surface area contributed by atoms with Gasteiger partial charge in [-0.2, -0.15) is 0 Å². The van der Waals surface area contributed by atoms with Gasteiger partial charge in [0.15, 0.2) is 0 Å². The van der Waals surface area contributed by atoms with Gasteiger partial charge in [0.1, 0.15) is 0 Å². The maximum atomic E-state index is 9.01. The SMILES string of the molecule is C=C1CCC/C1=C/C(C)O. The summed E-state index contributed by atoms with van der Waals surface area (Å²) < 4.78 is 0. The average molecular weight is 138 g/mol. The molecule has 0 aromatic heterocycles. The van der Waals surface area contributed by atoms with Gasteiger partial charge in [0.05, 0.1) is 6.10 Å². The first-order valence-electron chi connectivity index (χ1n) is 3.77. The van der Waals surface area contributed by atoms with Crippen LogP contribution < -0.4 is 0 Å². The second-order valence-electron chi connectivity index (χ2n) is 2.89. The summed E-state index contributed by atoms with van der Waals surface area (Å²) in [4.78, 5) is 0. The van der Waals surface area contributed by atoms with Crippen LogP contribution in [0.15, 0.2) is 23.8 Å². The molecule has 1 heteroatoms. The highest BCUT2D eigenvalue weighted by atomic mass is 16.3. The molecule has 0 heterocycles. The van der Waals surface area contributed by atoms with Crippen molar-refractivity contribution >= 4 is 0 Å². The molecule has 1 fully saturated rings. The van der Waals surface area contributed by atoms with Gasteiger partial charge in [0.25, 0.3) is 0 Å². The summed E-state index contributed by atoms with van der Waals surface area (Å²) in [6.45, 7) is 5.69. The van der Waals surface area contributed by atoms with Crippen LogP contribution in [-0.2, 0) is 0 Å². The van der Waals surface area contributed by atoms with Crippen LogP contribution in [0.5, 0.6) is 0 Å². The molecule has 1 aliphatic rings. The van der Waals surface area contributed by atoms with Crippen molar-refractivity contribution in [2.45, 2.75) is 32.3 Å². The van der Waals surface area contributed by atoms with Crippen molar-refractivity contribution in [3.8, 4) is 0 Å². The Morgan fingerprint density at radius 2 is 2.30 bits per heavy atom. The first kappa shape index (κ1) is 7.55. The molecule has 1 unspecified atom stereocenters. The molecular weight excluding hydrogens is 124 g/mol. The Bertz CT molecular complexity index is 166. The van der Waals surface area contributed by atoms with E-state index >= 15 is 0 Å². The van der Waals surface area contributed by atoms with Crippen molar-refractivity contribution in [3.63, 3.8) is 0 Å². The molecule has 1 N–H and O–H groups in total. The van der Waals surface area contributed by atoms with Crippen molar-refractivity contribution in [1.82, 2.24) is 0 Å². The van der Waals surface area contributed by atoms with Crippen LogP contribution in [-0.4, -0.2) is 11.2 Å². The van der Waals surface area contributed by atoms with E-state index in [0.717, 1.165) is 12.8 Å². The summed E-state index contributed by atoms with van der Waals surface area (Å²) in [6.07, 6.45) is 5.00. The van der Waals surface area contributed by atoms with E-state index in [1.807, 2.05) is 6.08 Å². The molecule has 0 aromatic carbocycles. The molecule has 1 nitrogen and oxygen atoms in total. The Kier molecular flexibility index (Phi) is 2.28. The van der Waals surface area contributed by atoms with Crippen LogP contribution in [0.4, 0.5) is 0 Å². The molecule has 0 radical (unpaired) electrons. The van der Waals surface area contributed by atoms with E-state index in [2.05, 4.69) is 6.58 Å². The van der Waals surface area contributed by atoms with E-state index in [0.29, 0.717) is 0 Å². The molecule has 0 saturated heterocycles. The molecule has 0 aromatic rings. The van der Waals surface area contributed by atoms with Gasteiger partial charge in [-0.05, 0) is 31.8 Å². The molecule has 0 aliphatic heterocycles. The lowest BCUT2D eigenvalue weighted by molar-refractivity contribution is 0.243. The standard InChI is InChI=1S/C9H14O/c1-7-4-3-5-9(7)6-8(2)10/h6,8,10H,1,3-5H2,2H3/b9-6-. The number of hydrogen-bond donors (Lipinski definition) is 1. The third-order valence-electron chi connectivity index (χ3n) is 1.82. The predicted octanol–water partition coefficient (Wildman–Crippen LogP) is 2.03. The third-order valence-corrected chi connectivity index (χ3v) is 1.82. The molecule has 1 atom stereocenters. The Hall–Kier alpha value is -0.560. The summed E-state index contributed by atoms with van der Waals surface area (Å²) in [6, 6.07) is 0. The molecule has 0 bridgehead atoms. The molecular formula is C9H14O. The van der Waals surface area contributed by atoms with Crippen LogP contribution in [0.1, 0.15) is 26.2 Å². The number of hydrogen-bond acceptors (Lipinski definition) is 1. The van der Waals surface area contributed by atoms with Gasteiger partial charge < -0.3 is 5.11 Å². The molecule has 1 aliphatic carbocycles. The monoisotopic (exact) mass is 138 g/mol. The van der Waals surface area contributed by atoms with Crippen LogP contribution in [0.3, 0.4) is 0 Å². The van der Waals surface area contributed by atoms with Crippen molar-refractivity contribution in [2.75, 3.05) is 0 Å². The fraction of sp³-hybridized carbons (Fsp3) is 0.556. The smallest absolute Gasteiger partial charge is 0.0698 e. The molecule has 10 heavy (non-hydrogen) atoms. The second kappa shape index (κ2) is 3.02. The fourth-order valence-electron chi connectivity index (χ4n) is 1.32. The average Bonchev–Trinajstić information content (AvgIpc) is 2.15. The van der Waals surface area contributed by atoms with Crippen molar-refractivity contribution in [3.05, 3.63) is 23.8 Å². The van der Waals surface area contributed by atoms with Gasteiger partial charge in [0, 0.05) is 0 Å². The number of aliphatic hydroxyl groups excluding tert-OH is 1. The molecule has 56 valence electrons. The Morgan fingerprint density at radius 3 is 2.70 bits per heavy atom. The van der Waals surface area contributed by atoms with E-state index in [1.54, 1.807) is 6.92 Å². The van der Waals surface area contributed by atoms with Crippen molar-refractivity contribution < 1.29 is 5.11 Å². The summed E-state index contributed by atoms with van der Waals surface area (Å²) in [5, 5.41) is 9.01. The van der Waals surface area contributed by atoms with E-state index in [4.69, 9.17) is 5.11 Å². The lowest BCUT2D eigenvalue weighted by atomic mass is 10.1. The van der Waals surface area contributed by atoms with Gasteiger partial charge in [0.2, 0.25) is 0 Å². The highest BCUT2D eigenvalue weighted by molar-refractivity contribution is 5.32. The van der Waals surface area contributed by atoms with E-state index in [-0.39, 0.29) is 6.10 Å². The van der Waals surface area contributed by atoms with Gasteiger partial charge in [-0.15, -0.1) is 0 Å². The van der Waals surface area contributed by atoms with Crippen LogP contribution in [0, 0.1) is 0 Å². The molecule has 1 saturated carbocycles. The number of rotatable bonds is 1. The molecule has 0 spiro atoms. The summed E-state index contributed by atoms with van der Waals surface area (Å²) in [7, 11) is 0. The predicted molar refractivity (Wildman–Crippen MR) is 42.8 cm³/mol. The minimum Gasteiger partial charge on any atom is -0.389 e. The van der Waals surface area contributed by atoms with E-state index < -0.39 is 0 Å². The van der Waals surface area contributed by atoms with Crippen LogP contribution in [0.2, 0.25) is 0 Å². The lowest BCUT2D eigenvalue weighted by Crippen LogP contribution is -1.94. The van der Waals surface area contributed by atoms with E-state index in [1.165, 1.54) is 17.6 Å². The minimum absolute atomic E-state index is 0.315. The van der Waals surface area contributed by atoms with Gasteiger partial charge in [-0.3, -0.25) is 0 Å². The largest absolute Gasteiger partial charge is 0.389 e. The summed E-state index contributed by atoms with van der Waals surface area (Å²) >= 11 is 0. The topological polar surface area (TPSA) is 20.2 Å². The Balaban J connectivity index is 2.62. The van der Waals surface area contributed by atoms with Gasteiger partial charge in [-0.1, -0.05) is 18.2 Å². The zero-order valence-electron chi connectivity index (χ0n) is 6.43. The first-order valence-corrected chi connectivity index (χ1v) is 3.77. The normalized spacial score (nSPS) is 25.8. The third kappa shape index (κ3) is 1.71. The summed E-state index contributed by atoms with van der Waals surface area (Å²) in [5.41, 5.74) is 2.47. The van der Waals surface area contributed by atoms with Crippen molar-refractivity contribution in [2.24, 2.45) is 0 Å². The highest BCUT2D eigenvalue weighted by Crippen LogP contribution is 2.28. The fourth-order valence-corrected chi connectivity index (χ4v) is 1.32. The number of allylic oxidation sites excluding steroid dienone is 2. The number of aliphatic hydroxyl groups is 1. The zero-order chi connectivity index (χ0) is 7.56. The van der Waals surface area contributed by atoms with E-state index in [9.17, 15) is 0 Å². The first-order chi connectivity index (χ1) is 4.70. The quantitative estimate of drug-likeness (QED) is 0.588. The highest BCUT2D eigenvalue weighted by Gasteiger charge is 2.10. The van der Waals surface area contributed by atoms with Gasteiger partial charge in [-0.25, -0.2) is 0 Å². The van der Waals surface area contributed by atoms with Gasteiger partial charge >= 0.3 is 0 Å². The maximum absolute atomic E-state index is 9.01.